The molecule has 0 aromatic carbocycles. The van der Waals surface area contributed by atoms with Gasteiger partial charge in [-0.1, -0.05) is 5.16 Å². The topological polar surface area (TPSA) is 85.8 Å². The average Bonchev–Trinajstić information content (AvgIpc) is 3.27. The standard InChI is InChI=1S/C19H21N5O2/c1-12-3-4-15(10-21-12)18-16(17-9-13(2)23-26-17)11-22-24(18)8-7-20-19(25)14-5-6-14/h3-4,9-11,14H,5-8H2,1-2H3,(H,20,25). The van der Waals surface area contributed by atoms with Gasteiger partial charge in [0.15, 0.2) is 5.76 Å². The van der Waals surface area contributed by atoms with Gasteiger partial charge in [0, 0.05) is 36.0 Å². The van der Waals surface area contributed by atoms with Crippen LogP contribution in [0.2, 0.25) is 0 Å². The molecule has 0 saturated heterocycles. The summed E-state index contributed by atoms with van der Waals surface area (Å²) < 4.78 is 7.32. The molecule has 1 fully saturated rings. The first-order chi connectivity index (χ1) is 12.6. The third-order valence-corrected chi connectivity index (χ3v) is 4.49. The summed E-state index contributed by atoms with van der Waals surface area (Å²) in [4.78, 5) is 16.2. The zero-order valence-corrected chi connectivity index (χ0v) is 14.9. The monoisotopic (exact) mass is 351 g/mol. The van der Waals surface area contributed by atoms with Gasteiger partial charge >= 0.3 is 0 Å². The summed E-state index contributed by atoms with van der Waals surface area (Å²) in [5, 5.41) is 11.5. The van der Waals surface area contributed by atoms with E-state index in [9.17, 15) is 4.79 Å². The van der Waals surface area contributed by atoms with E-state index in [1.165, 1.54) is 0 Å². The Balaban J connectivity index is 1.63. The summed E-state index contributed by atoms with van der Waals surface area (Å²) in [6.07, 6.45) is 5.61. The second-order valence-electron chi connectivity index (χ2n) is 6.72. The van der Waals surface area contributed by atoms with E-state index in [0.29, 0.717) is 18.8 Å². The van der Waals surface area contributed by atoms with Crippen molar-refractivity contribution in [2.75, 3.05) is 6.54 Å². The molecule has 0 unspecified atom stereocenters. The van der Waals surface area contributed by atoms with E-state index < -0.39 is 0 Å². The number of nitrogens with zero attached hydrogens (tertiary/aromatic N) is 4. The van der Waals surface area contributed by atoms with Gasteiger partial charge in [-0.3, -0.25) is 14.5 Å². The Labute approximate surface area is 151 Å². The molecule has 1 aliphatic carbocycles. The van der Waals surface area contributed by atoms with E-state index >= 15 is 0 Å². The Kier molecular flexibility index (Phi) is 4.28. The largest absolute Gasteiger partial charge is 0.356 e. The highest BCUT2D eigenvalue weighted by Gasteiger charge is 2.29. The maximum atomic E-state index is 11.8. The molecular formula is C19H21N5O2. The highest BCUT2D eigenvalue weighted by molar-refractivity contribution is 5.81. The van der Waals surface area contributed by atoms with Crippen LogP contribution in [0.1, 0.15) is 24.2 Å². The van der Waals surface area contributed by atoms with Crippen LogP contribution in [0.5, 0.6) is 0 Å². The van der Waals surface area contributed by atoms with E-state index in [2.05, 4.69) is 20.6 Å². The summed E-state index contributed by atoms with van der Waals surface area (Å²) in [7, 11) is 0. The first-order valence-electron chi connectivity index (χ1n) is 8.82. The van der Waals surface area contributed by atoms with Crippen LogP contribution in [0.3, 0.4) is 0 Å². The molecule has 1 saturated carbocycles. The SMILES string of the molecule is Cc1ccc(-c2c(-c3cc(C)no3)cnn2CCNC(=O)C2CC2)cn1. The van der Waals surface area contributed by atoms with Crippen molar-refractivity contribution < 1.29 is 9.32 Å². The maximum Gasteiger partial charge on any atom is 0.223 e. The maximum absolute atomic E-state index is 11.8. The number of nitrogens with one attached hydrogen (secondary N) is 1. The highest BCUT2D eigenvalue weighted by atomic mass is 16.5. The molecule has 3 aromatic rings. The molecule has 3 heterocycles. The van der Waals surface area contributed by atoms with Gasteiger partial charge in [0.2, 0.25) is 5.91 Å². The molecule has 134 valence electrons. The lowest BCUT2D eigenvalue weighted by molar-refractivity contribution is -0.122. The first-order valence-corrected chi connectivity index (χ1v) is 8.82. The van der Waals surface area contributed by atoms with Gasteiger partial charge < -0.3 is 9.84 Å². The Morgan fingerprint density at radius 3 is 2.77 bits per heavy atom. The van der Waals surface area contributed by atoms with Gasteiger partial charge in [0.05, 0.1) is 29.7 Å². The lowest BCUT2D eigenvalue weighted by Crippen LogP contribution is -2.28. The van der Waals surface area contributed by atoms with Crippen molar-refractivity contribution in [3.05, 3.63) is 42.0 Å². The predicted molar refractivity (Wildman–Crippen MR) is 96.2 cm³/mol. The minimum Gasteiger partial charge on any atom is -0.356 e. The number of aromatic nitrogens is 4. The van der Waals surface area contributed by atoms with Crippen molar-refractivity contribution in [1.29, 1.82) is 0 Å². The van der Waals surface area contributed by atoms with Crippen LogP contribution < -0.4 is 5.32 Å². The second kappa shape index (κ2) is 6.74. The van der Waals surface area contributed by atoms with E-state index in [1.807, 2.05) is 42.9 Å². The van der Waals surface area contributed by atoms with Crippen molar-refractivity contribution in [3.63, 3.8) is 0 Å². The lowest BCUT2D eigenvalue weighted by atomic mass is 10.1. The number of carbonyl (C=O) groups is 1. The lowest BCUT2D eigenvalue weighted by Gasteiger charge is -2.10. The fraction of sp³-hybridized carbons (Fsp3) is 0.368. The smallest absolute Gasteiger partial charge is 0.223 e. The summed E-state index contributed by atoms with van der Waals surface area (Å²) in [5.74, 6) is 1.02. The quantitative estimate of drug-likeness (QED) is 0.738. The Morgan fingerprint density at radius 1 is 1.27 bits per heavy atom. The third-order valence-electron chi connectivity index (χ3n) is 4.49. The van der Waals surface area contributed by atoms with Crippen molar-refractivity contribution in [2.24, 2.45) is 5.92 Å². The molecule has 0 spiro atoms. The number of carbonyl (C=O) groups excluding carboxylic acids is 1. The molecule has 4 rings (SSSR count). The van der Waals surface area contributed by atoms with Crippen molar-refractivity contribution in [2.45, 2.75) is 33.2 Å². The number of hydrogen-bond acceptors (Lipinski definition) is 5. The van der Waals surface area contributed by atoms with Crippen LogP contribution >= 0.6 is 0 Å². The molecule has 7 heteroatoms. The molecule has 0 atom stereocenters. The summed E-state index contributed by atoms with van der Waals surface area (Å²) in [5.41, 5.74) is 4.50. The Bertz CT molecular complexity index is 922. The highest BCUT2D eigenvalue weighted by Crippen LogP contribution is 2.32. The summed E-state index contributed by atoms with van der Waals surface area (Å²) in [6, 6.07) is 5.88. The predicted octanol–water partition coefficient (Wildman–Crippen LogP) is 2.74. The number of aryl methyl sites for hydroxylation is 2. The fourth-order valence-corrected chi connectivity index (χ4v) is 2.91. The normalized spacial score (nSPS) is 13.8. The van der Waals surface area contributed by atoms with Crippen molar-refractivity contribution in [1.82, 2.24) is 25.2 Å². The zero-order valence-electron chi connectivity index (χ0n) is 14.9. The fourth-order valence-electron chi connectivity index (χ4n) is 2.91. The van der Waals surface area contributed by atoms with E-state index in [-0.39, 0.29) is 11.8 Å². The van der Waals surface area contributed by atoms with Gasteiger partial charge in [-0.15, -0.1) is 0 Å². The minimum atomic E-state index is 0.141. The molecule has 1 amide bonds. The van der Waals surface area contributed by atoms with Crippen LogP contribution in [0, 0.1) is 19.8 Å². The van der Waals surface area contributed by atoms with Crippen molar-refractivity contribution >= 4 is 5.91 Å². The second-order valence-corrected chi connectivity index (χ2v) is 6.72. The van der Waals surface area contributed by atoms with Gasteiger partial charge in [-0.05, 0) is 38.8 Å². The molecule has 26 heavy (non-hydrogen) atoms. The van der Waals surface area contributed by atoms with E-state index in [1.54, 1.807) is 6.20 Å². The molecule has 1 aliphatic rings. The van der Waals surface area contributed by atoms with Gasteiger partial charge in [-0.2, -0.15) is 5.10 Å². The molecule has 1 N–H and O–H groups in total. The summed E-state index contributed by atoms with van der Waals surface area (Å²) >= 11 is 0. The molecular weight excluding hydrogens is 330 g/mol. The van der Waals surface area contributed by atoms with Crippen LogP contribution in [0.25, 0.3) is 22.6 Å². The van der Waals surface area contributed by atoms with Gasteiger partial charge in [0.25, 0.3) is 0 Å². The molecule has 0 aliphatic heterocycles. The van der Waals surface area contributed by atoms with Crippen LogP contribution in [0.4, 0.5) is 0 Å². The van der Waals surface area contributed by atoms with E-state index in [4.69, 9.17) is 4.52 Å². The van der Waals surface area contributed by atoms with Crippen LogP contribution in [-0.2, 0) is 11.3 Å². The minimum absolute atomic E-state index is 0.141. The van der Waals surface area contributed by atoms with Gasteiger partial charge in [-0.25, -0.2) is 0 Å². The van der Waals surface area contributed by atoms with Crippen LogP contribution in [0.15, 0.2) is 35.1 Å². The number of rotatable bonds is 6. The molecule has 3 aromatic heterocycles. The average molecular weight is 351 g/mol. The number of amides is 1. The molecule has 0 bridgehead atoms. The summed E-state index contributed by atoms with van der Waals surface area (Å²) in [6.45, 7) is 4.96. The van der Waals surface area contributed by atoms with E-state index in [0.717, 1.165) is 41.1 Å². The van der Waals surface area contributed by atoms with Crippen LogP contribution in [-0.4, -0.2) is 32.4 Å². The number of hydrogen-bond donors (Lipinski definition) is 1. The third kappa shape index (κ3) is 3.37. The van der Waals surface area contributed by atoms with Gasteiger partial charge in [0.1, 0.15) is 0 Å². The number of pyridine rings is 1. The molecule has 0 radical (unpaired) electrons. The Hall–Kier alpha value is -2.96. The first kappa shape index (κ1) is 16.5. The Morgan fingerprint density at radius 2 is 2.12 bits per heavy atom. The van der Waals surface area contributed by atoms with Crippen molar-refractivity contribution in [3.8, 4) is 22.6 Å². The zero-order chi connectivity index (χ0) is 18.1. The molecule has 7 nitrogen and oxygen atoms in total.